The van der Waals surface area contributed by atoms with Crippen molar-refractivity contribution in [1.82, 2.24) is 25.1 Å². The van der Waals surface area contributed by atoms with Gasteiger partial charge in [0.2, 0.25) is 5.89 Å². The minimum atomic E-state index is -0.226. The topological polar surface area (TPSA) is 85.8 Å². The molecule has 0 aliphatic rings. The fourth-order valence-corrected chi connectivity index (χ4v) is 2.38. The number of nitrogens with one attached hydrogen (secondary N) is 1. The van der Waals surface area contributed by atoms with E-state index < -0.39 is 0 Å². The highest BCUT2D eigenvalue weighted by atomic mass is 16.4. The Morgan fingerprint density at radius 2 is 2.04 bits per heavy atom. The second-order valence-corrected chi connectivity index (χ2v) is 5.68. The maximum Gasteiger partial charge on any atom is 0.253 e. The average Bonchev–Trinajstić information content (AvgIpc) is 3.06. The van der Waals surface area contributed by atoms with Gasteiger partial charge in [0.25, 0.3) is 5.91 Å². The molecule has 124 valence electrons. The molecule has 0 atom stereocenters. The smallest absolute Gasteiger partial charge is 0.253 e. The van der Waals surface area contributed by atoms with Gasteiger partial charge in [0.15, 0.2) is 5.82 Å². The molecule has 7 nitrogen and oxygen atoms in total. The van der Waals surface area contributed by atoms with Crippen molar-refractivity contribution in [3.05, 3.63) is 58.7 Å². The van der Waals surface area contributed by atoms with Crippen LogP contribution >= 0.6 is 0 Å². The van der Waals surface area contributed by atoms with Crippen molar-refractivity contribution in [2.45, 2.75) is 34.2 Å². The van der Waals surface area contributed by atoms with E-state index in [1.165, 1.54) is 6.20 Å². The average molecular weight is 325 g/mol. The minimum absolute atomic E-state index is 0.226. The molecule has 0 aliphatic heterocycles. The van der Waals surface area contributed by atoms with E-state index in [1.54, 1.807) is 16.8 Å². The molecule has 24 heavy (non-hydrogen) atoms. The highest BCUT2D eigenvalue weighted by molar-refractivity contribution is 5.93. The molecule has 0 aliphatic carbocycles. The van der Waals surface area contributed by atoms with Crippen LogP contribution in [0.15, 0.2) is 28.8 Å². The number of aromatic nitrogens is 4. The summed E-state index contributed by atoms with van der Waals surface area (Å²) < 4.78 is 7.19. The lowest BCUT2D eigenvalue weighted by Crippen LogP contribution is -2.23. The number of hydrogen-bond acceptors (Lipinski definition) is 5. The Bertz CT molecular complexity index is 858. The Labute approximate surface area is 139 Å². The number of aryl methyl sites for hydroxylation is 4. The van der Waals surface area contributed by atoms with Crippen LogP contribution in [0.25, 0.3) is 5.82 Å². The highest BCUT2D eigenvalue weighted by Gasteiger charge is 2.11. The zero-order chi connectivity index (χ0) is 17.3. The van der Waals surface area contributed by atoms with E-state index in [2.05, 4.69) is 20.4 Å². The normalized spacial score (nSPS) is 10.8. The lowest BCUT2D eigenvalue weighted by molar-refractivity contribution is 0.0946. The van der Waals surface area contributed by atoms with E-state index in [9.17, 15) is 4.79 Å². The standard InChI is InChI=1S/C17H19N5O2/c1-10-7-11(2)22(21-10)15-6-5-14(8-18-15)17(23)19-9-16-20-12(3)13(4)24-16/h5-8H,9H2,1-4H3,(H,19,23). The number of pyridine rings is 1. The number of carbonyl (C=O) groups excluding carboxylic acids is 1. The van der Waals surface area contributed by atoms with Crippen LogP contribution in [0.5, 0.6) is 0 Å². The third kappa shape index (κ3) is 3.19. The van der Waals surface area contributed by atoms with Crippen LogP contribution in [0.4, 0.5) is 0 Å². The van der Waals surface area contributed by atoms with Gasteiger partial charge >= 0.3 is 0 Å². The molecule has 0 radical (unpaired) electrons. The summed E-state index contributed by atoms with van der Waals surface area (Å²) in [7, 11) is 0. The zero-order valence-electron chi connectivity index (χ0n) is 14.1. The summed E-state index contributed by atoms with van der Waals surface area (Å²) in [6.45, 7) is 7.84. The summed E-state index contributed by atoms with van der Waals surface area (Å²) in [6.07, 6.45) is 1.53. The molecule has 0 saturated heterocycles. The maximum absolute atomic E-state index is 12.2. The Morgan fingerprint density at radius 1 is 1.25 bits per heavy atom. The predicted molar refractivity (Wildman–Crippen MR) is 88.0 cm³/mol. The molecule has 7 heteroatoms. The van der Waals surface area contributed by atoms with Gasteiger partial charge in [-0.15, -0.1) is 0 Å². The van der Waals surface area contributed by atoms with Gasteiger partial charge in [-0.05, 0) is 45.9 Å². The molecule has 3 heterocycles. The van der Waals surface area contributed by atoms with Crippen molar-refractivity contribution in [1.29, 1.82) is 0 Å². The maximum atomic E-state index is 12.2. The molecule has 3 aromatic heterocycles. The summed E-state index contributed by atoms with van der Waals surface area (Å²) in [5, 5.41) is 7.15. The van der Waals surface area contributed by atoms with E-state index in [4.69, 9.17) is 4.42 Å². The molecule has 1 N–H and O–H groups in total. The molecule has 0 unspecified atom stereocenters. The van der Waals surface area contributed by atoms with Crippen LogP contribution in [-0.2, 0) is 6.54 Å². The van der Waals surface area contributed by atoms with E-state index in [0.717, 1.165) is 22.8 Å². The molecule has 3 rings (SSSR count). The van der Waals surface area contributed by atoms with Gasteiger partial charge in [-0.25, -0.2) is 14.6 Å². The van der Waals surface area contributed by atoms with Gasteiger partial charge in [-0.1, -0.05) is 0 Å². The summed E-state index contributed by atoms with van der Waals surface area (Å²) >= 11 is 0. The van der Waals surface area contributed by atoms with E-state index in [1.807, 2.05) is 33.8 Å². The molecular formula is C17H19N5O2. The van der Waals surface area contributed by atoms with Gasteiger partial charge in [0.1, 0.15) is 5.76 Å². The molecule has 0 fully saturated rings. The number of oxazole rings is 1. The molecule has 0 bridgehead atoms. The van der Waals surface area contributed by atoms with Crippen molar-refractivity contribution < 1.29 is 9.21 Å². The van der Waals surface area contributed by atoms with Crippen molar-refractivity contribution in [2.24, 2.45) is 0 Å². The monoisotopic (exact) mass is 325 g/mol. The Balaban J connectivity index is 1.68. The number of rotatable bonds is 4. The summed E-state index contributed by atoms with van der Waals surface area (Å²) in [6, 6.07) is 5.47. The molecule has 3 aromatic rings. The van der Waals surface area contributed by atoms with Crippen LogP contribution in [0.1, 0.15) is 39.1 Å². The van der Waals surface area contributed by atoms with Crippen LogP contribution in [0, 0.1) is 27.7 Å². The minimum Gasteiger partial charge on any atom is -0.444 e. The molecule has 0 aromatic carbocycles. The predicted octanol–water partition coefficient (Wildman–Crippen LogP) is 2.42. The van der Waals surface area contributed by atoms with Gasteiger partial charge in [0.05, 0.1) is 23.5 Å². The summed E-state index contributed by atoms with van der Waals surface area (Å²) in [5.74, 6) is 1.70. The first kappa shape index (κ1) is 15.9. The van der Waals surface area contributed by atoms with Crippen LogP contribution in [0.2, 0.25) is 0 Å². The van der Waals surface area contributed by atoms with Crippen molar-refractivity contribution in [2.75, 3.05) is 0 Å². The van der Waals surface area contributed by atoms with Gasteiger partial charge < -0.3 is 9.73 Å². The first-order valence-electron chi connectivity index (χ1n) is 7.65. The van der Waals surface area contributed by atoms with E-state index >= 15 is 0 Å². The summed E-state index contributed by atoms with van der Waals surface area (Å²) in [5.41, 5.74) is 3.22. The largest absolute Gasteiger partial charge is 0.444 e. The Hall–Kier alpha value is -2.96. The lowest BCUT2D eigenvalue weighted by Gasteiger charge is -2.05. The quantitative estimate of drug-likeness (QED) is 0.796. The first-order valence-corrected chi connectivity index (χ1v) is 7.65. The second kappa shape index (κ2) is 6.27. The third-order valence-electron chi connectivity index (χ3n) is 3.71. The zero-order valence-corrected chi connectivity index (χ0v) is 14.1. The molecular weight excluding hydrogens is 306 g/mol. The van der Waals surface area contributed by atoms with Crippen molar-refractivity contribution in [3.8, 4) is 5.82 Å². The SMILES string of the molecule is Cc1cc(C)n(-c2ccc(C(=O)NCc3nc(C)c(C)o3)cn2)n1. The third-order valence-corrected chi connectivity index (χ3v) is 3.71. The fraction of sp³-hybridized carbons (Fsp3) is 0.294. The van der Waals surface area contributed by atoms with Crippen LogP contribution in [0.3, 0.4) is 0 Å². The van der Waals surface area contributed by atoms with E-state index in [-0.39, 0.29) is 12.5 Å². The van der Waals surface area contributed by atoms with Crippen molar-refractivity contribution >= 4 is 5.91 Å². The van der Waals surface area contributed by atoms with Gasteiger partial charge in [-0.2, -0.15) is 5.10 Å². The molecule has 0 spiro atoms. The number of carbonyl (C=O) groups is 1. The molecule has 1 amide bonds. The fourth-order valence-electron chi connectivity index (χ4n) is 2.38. The van der Waals surface area contributed by atoms with Gasteiger partial charge in [-0.3, -0.25) is 4.79 Å². The van der Waals surface area contributed by atoms with Crippen molar-refractivity contribution in [3.63, 3.8) is 0 Å². The van der Waals surface area contributed by atoms with Crippen LogP contribution < -0.4 is 5.32 Å². The lowest BCUT2D eigenvalue weighted by atomic mass is 10.2. The second-order valence-electron chi connectivity index (χ2n) is 5.68. The highest BCUT2D eigenvalue weighted by Crippen LogP contribution is 2.11. The number of hydrogen-bond donors (Lipinski definition) is 1. The Morgan fingerprint density at radius 3 is 2.58 bits per heavy atom. The number of nitrogens with zero attached hydrogens (tertiary/aromatic N) is 4. The number of amides is 1. The van der Waals surface area contributed by atoms with Crippen LogP contribution in [-0.4, -0.2) is 25.7 Å². The van der Waals surface area contributed by atoms with E-state index in [0.29, 0.717) is 17.3 Å². The Kier molecular flexibility index (Phi) is 4.16. The first-order chi connectivity index (χ1) is 11.4. The summed E-state index contributed by atoms with van der Waals surface area (Å²) in [4.78, 5) is 20.7. The molecule has 0 saturated carbocycles. The van der Waals surface area contributed by atoms with Gasteiger partial charge in [0, 0.05) is 11.9 Å².